The van der Waals surface area contributed by atoms with Gasteiger partial charge in [-0.1, -0.05) is 96.3 Å². The molecule has 9 aliphatic rings. The van der Waals surface area contributed by atoms with Gasteiger partial charge in [0.05, 0.1) is 23.3 Å². The highest BCUT2D eigenvalue weighted by Crippen LogP contribution is 2.59. The lowest BCUT2D eigenvalue weighted by molar-refractivity contribution is -0.119. The molecule has 3 spiro atoms. The van der Waals surface area contributed by atoms with Crippen molar-refractivity contribution in [3.05, 3.63) is 125 Å². The molecule has 0 radical (unpaired) electrons. The molecule has 6 fully saturated rings. The fourth-order valence-electron chi connectivity index (χ4n) is 11.5. The molecular weight excluding hydrogens is 870 g/mol. The number of carbonyl (C=O) groups excluding carboxylic acids is 2. The van der Waals surface area contributed by atoms with Crippen molar-refractivity contribution in [1.29, 1.82) is 0 Å². The minimum Gasteiger partial charge on any atom is -0.492 e. The van der Waals surface area contributed by atoms with E-state index in [1.807, 2.05) is 36.1 Å². The molecule has 3 aliphatic heterocycles. The number of likely N-dealkylation sites (N-methyl/N-ethyl adjacent to an activating group) is 1. The van der Waals surface area contributed by atoms with Crippen molar-refractivity contribution in [2.75, 3.05) is 44.8 Å². The van der Waals surface area contributed by atoms with E-state index in [1.165, 1.54) is 74.0 Å². The molecule has 4 saturated carbocycles. The maximum absolute atomic E-state index is 13.5. The zero-order chi connectivity index (χ0) is 43.0. The molecule has 1 aromatic carbocycles. The molecule has 6 aliphatic carbocycles. The number of benzene rings is 1. The maximum Gasteiger partial charge on any atom is 0.255 e. The summed E-state index contributed by atoms with van der Waals surface area (Å²) >= 11 is 2.15. The molecule has 1 amide bonds. The number of fused-ring (bicyclic) bond motifs is 2. The fraction of sp³-hybridized carbons (Fsp3) is 0.547. The normalized spacial score (nSPS) is 31.2. The summed E-state index contributed by atoms with van der Waals surface area (Å²) in [7, 11) is 2.18. The van der Waals surface area contributed by atoms with Crippen LogP contribution in [0.2, 0.25) is 0 Å². The van der Waals surface area contributed by atoms with Gasteiger partial charge < -0.3 is 19.3 Å². The molecule has 0 bridgehead atoms. The first-order chi connectivity index (χ1) is 29.5. The molecule has 1 aromatic rings. The summed E-state index contributed by atoms with van der Waals surface area (Å²) in [6.45, 7) is 15.4. The lowest BCUT2D eigenvalue weighted by Gasteiger charge is -2.56. The Kier molecular flexibility index (Phi) is 13.0. The predicted molar refractivity (Wildman–Crippen MR) is 258 cm³/mol. The van der Waals surface area contributed by atoms with Gasteiger partial charge in [-0.2, -0.15) is 0 Å². The van der Waals surface area contributed by atoms with Crippen LogP contribution in [0.25, 0.3) is 0 Å². The Morgan fingerprint density at radius 1 is 0.934 bits per heavy atom. The Morgan fingerprint density at radius 3 is 2.25 bits per heavy atom. The summed E-state index contributed by atoms with van der Waals surface area (Å²) < 4.78 is 12.4. The number of hydrogen-bond acceptors (Lipinski definition) is 6. The average Bonchev–Trinajstić information content (AvgIpc) is 3.93. The highest BCUT2D eigenvalue weighted by atomic mass is 127. The van der Waals surface area contributed by atoms with E-state index in [4.69, 9.17) is 9.47 Å². The summed E-state index contributed by atoms with van der Waals surface area (Å²) in [5, 5.41) is 0. The lowest BCUT2D eigenvalue weighted by atomic mass is 9.63. The Hall–Kier alpha value is -3.47. The van der Waals surface area contributed by atoms with Crippen LogP contribution in [0.5, 0.6) is 5.75 Å². The number of ether oxygens (including phenoxy) is 2. The van der Waals surface area contributed by atoms with Crippen molar-refractivity contribution < 1.29 is 20.5 Å². The van der Waals surface area contributed by atoms with Crippen molar-refractivity contribution >= 4 is 34.3 Å². The number of Topliss-reactive ketones (excluding diaryl/α,β-unsaturated/α-hetero) is 1. The van der Waals surface area contributed by atoms with E-state index in [2.05, 4.69) is 119 Å². The topological polar surface area (TPSA) is 62.3 Å². The molecule has 0 N–H and O–H groups in total. The van der Waals surface area contributed by atoms with Crippen LogP contribution in [0.4, 0.5) is 0 Å². The summed E-state index contributed by atoms with van der Waals surface area (Å²) in [5.74, 6) is 1.21. The van der Waals surface area contributed by atoms with Gasteiger partial charge in [-0.05, 0) is 141 Å². The summed E-state index contributed by atoms with van der Waals surface area (Å²) in [6, 6.07) is 6.18. The van der Waals surface area contributed by atoms with Crippen LogP contribution < -0.4 is 4.74 Å². The van der Waals surface area contributed by atoms with Crippen LogP contribution in [-0.4, -0.2) is 88.9 Å². The third-order valence-corrected chi connectivity index (χ3v) is 15.3. The number of nitrogens with zero attached hydrogens (tertiary/aromatic N) is 3. The number of amides is 1. The number of likely N-dealkylation sites (tertiary alicyclic amines) is 2. The van der Waals surface area contributed by atoms with Crippen LogP contribution in [0.15, 0.2) is 114 Å². The molecule has 8 heteroatoms. The predicted octanol–water partition coefficient (Wildman–Crippen LogP) is 11.4. The van der Waals surface area contributed by atoms with Gasteiger partial charge in [-0.15, -0.1) is 0 Å². The van der Waals surface area contributed by atoms with Crippen LogP contribution >= 0.6 is 22.6 Å². The highest BCUT2D eigenvalue weighted by molar-refractivity contribution is 14.1. The molecule has 0 aromatic heterocycles. The summed E-state index contributed by atoms with van der Waals surface area (Å²) in [6.07, 6.45) is 36.7. The van der Waals surface area contributed by atoms with Crippen LogP contribution in [-0.2, 0) is 15.1 Å². The average molecular weight is 940 g/mol. The van der Waals surface area contributed by atoms with E-state index in [-0.39, 0.29) is 29.9 Å². The Morgan fingerprint density at radius 2 is 1.67 bits per heavy atom. The van der Waals surface area contributed by atoms with Gasteiger partial charge in [0, 0.05) is 64.2 Å². The number of carbonyl (C=O) groups is 2. The van der Waals surface area contributed by atoms with Gasteiger partial charge in [0.15, 0.2) is 0 Å². The largest absolute Gasteiger partial charge is 0.492 e. The van der Waals surface area contributed by atoms with Gasteiger partial charge in [0.2, 0.25) is 0 Å². The molecule has 328 valence electrons. The zero-order valence-corrected chi connectivity index (χ0v) is 39.6. The first kappa shape index (κ1) is 44.1. The van der Waals surface area contributed by atoms with Gasteiger partial charge in [0.1, 0.15) is 18.1 Å². The summed E-state index contributed by atoms with van der Waals surface area (Å²) in [5.41, 5.74) is 8.90. The van der Waals surface area contributed by atoms with Crippen LogP contribution in [0.1, 0.15) is 122 Å². The molecule has 2 saturated heterocycles. The molecular formula is C53H70IN3O4. The minimum atomic E-state index is -0.154. The van der Waals surface area contributed by atoms with Gasteiger partial charge in [-0.3, -0.25) is 14.5 Å². The number of halogens is 1. The number of ketones is 1. The van der Waals surface area contributed by atoms with E-state index >= 15 is 0 Å². The quantitative estimate of drug-likeness (QED) is 0.140. The molecule has 3 atom stereocenters. The van der Waals surface area contributed by atoms with Gasteiger partial charge >= 0.3 is 0 Å². The number of alkyl halides is 1. The highest BCUT2D eigenvalue weighted by Gasteiger charge is 2.60. The van der Waals surface area contributed by atoms with E-state index in [1.54, 1.807) is 0 Å². The van der Waals surface area contributed by atoms with E-state index < -0.39 is 0 Å². The van der Waals surface area contributed by atoms with Crippen molar-refractivity contribution in [2.45, 2.75) is 128 Å². The second-order valence-corrected chi connectivity index (χ2v) is 19.3. The van der Waals surface area contributed by atoms with Gasteiger partial charge in [-0.25, -0.2) is 0 Å². The number of allylic oxidation sites excluding steroid dienone is 10. The molecule has 3 unspecified atom stereocenters. The Balaban J connectivity index is 0.000000178. The van der Waals surface area contributed by atoms with Crippen LogP contribution in [0.3, 0.4) is 0 Å². The molecule has 7 nitrogen and oxygen atoms in total. The van der Waals surface area contributed by atoms with E-state index in [0.29, 0.717) is 36.8 Å². The van der Waals surface area contributed by atoms with Crippen LogP contribution in [0, 0.1) is 10.8 Å². The fourth-order valence-corrected chi connectivity index (χ4v) is 11.5. The standard InChI is InChI=1S/C26H32N2O3.C26H33NO.CH3I.H2/c1-2-18-14-19(29)4-7-23(18)28-24(30)21-15-20(5-6-22(21)26(28)10-11-26)31-13-12-27-16-25(17-27)8-3-9-25;1-5-8-24-23(6-2)26(19-27(24)4)17-13-21(14-18-26)20-11-15-25(3,16-12-20)28-22-9-7-10-22;1-2;/h2,5-6,15,23H,3-4,7-14,16-17H2,1H3;5-6,8,11-15,17,22H,1,7,9-10,16,18-19H2,2-4H3;1H3;1H/b18-2+;23-6+,24-8+;;. The smallest absolute Gasteiger partial charge is 0.255 e. The maximum atomic E-state index is 13.5. The number of rotatable bonds is 9. The first-order valence-electron chi connectivity index (χ1n) is 23.1. The second kappa shape index (κ2) is 18.0. The van der Waals surface area contributed by atoms with E-state index in [9.17, 15) is 9.59 Å². The lowest BCUT2D eigenvalue weighted by Crippen LogP contribution is -2.60. The van der Waals surface area contributed by atoms with Crippen molar-refractivity contribution in [3.8, 4) is 5.75 Å². The Labute approximate surface area is 381 Å². The van der Waals surface area contributed by atoms with E-state index in [0.717, 1.165) is 67.6 Å². The zero-order valence-electron chi connectivity index (χ0n) is 37.4. The number of hydrogen-bond donors (Lipinski definition) is 0. The van der Waals surface area contributed by atoms with Gasteiger partial charge in [0.25, 0.3) is 5.91 Å². The summed E-state index contributed by atoms with van der Waals surface area (Å²) in [4.78, 5) is 34.4. The van der Waals surface area contributed by atoms with Crippen molar-refractivity contribution in [2.24, 2.45) is 10.8 Å². The first-order valence-corrected chi connectivity index (χ1v) is 25.2. The van der Waals surface area contributed by atoms with Crippen molar-refractivity contribution in [1.82, 2.24) is 14.7 Å². The molecule has 61 heavy (non-hydrogen) atoms. The minimum absolute atomic E-state index is 0. The second-order valence-electron chi connectivity index (χ2n) is 19.3. The monoisotopic (exact) mass is 939 g/mol. The third kappa shape index (κ3) is 8.51. The Bertz CT molecular complexity index is 2110. The molecule has 10 rings (SSSR count). The van der Waals surface area contributed by atoms with Crippen molar-refractivity contribution in [3.63, 3.8) is 0 Å². The third-order valence-electron chi connectivity index (χ3n) is 15.3. The SMILES string of the molecule is C/C=C1\CC(=O)CCC1N1C(=O)c2cc(OCCN3CC4(CCC4)C3)ccc2C12CC2.C=C/C=C1\C(=C/C)C2(C=CC(C3=CCC(C)(OC4CCC4)C=C3)=CC2)CN1C.CI.[HH]. The molecule has 3 heterocycles.